The molecule has 0 aliphatic carbocycles. The molecule has 1 aromatic rings. The molecule has 0 amide bonds. The molecule has 1 fully saturated rings. The SMILES string of the molecule is COc1ccc(CNCC(C)CN2CCCC2)cc1. The Morgan fingerprint density at radius 2 is 1.89 bits per heavy atom. The molecule has 3 heteroatoms. The Morgan fingerprint density at radius 3 is 2.53 bits per heavy atom. The van der Waals surface area contributed by atoms with Gasteiger partial charge in [-0.15, -0.1) is 0 Å². The summed E-state index contributed by atoms with van der Waals surface area (Å²) in [7, 11) is 1.70. The van der Waals surface area contributed by atoms with Crippen LogP contribution in [0.5, 0.6) is 5.75 Å². The Bertz CT molecular complexity index is 358. The second-order valence-corrected chi connectivity index (χ2v) is 5.59. The third kappa shape index (κ3) is 4.84. The first-order valence-corrected chi connectivity index (χ1v) is 7.34. The minimum absolute atomic E-state index is 0.719. The Kier molecular flexibility index (Phi) is 5.67. The molecule has 19 heavy (non-hydrogen) atoms. The van der Waals surface area contributed by atoms with E-state index in [0.29, 0.717) is 0 Å². The summed E-state index contributed by atoms with van der Waals surface area (Å²) in [6.07, 6.45) is 2.76. The van der Waals surface area contributed by atoms with E-state index < -0.39 is 0 Å². The van der Waals surface area contributed by atoms with Crippen LogP contribution < -0.4 is 10.1 Å². The van der Waals surface area contributed by atoms with Crippen molar-refractivity contribution in [3.05, 3.63) is 29.8 Å². The average Bonchev–Trinajstić information content (AvgIpc) is 2.92. The molecule has 1 aliphatic heterocycles. The van der Waals surface area contributed by atoms with Crippen molar-refractivity contribution in [2.24, 2.45) is 5.92 Å². The van der Waals surface area contributed by atoms with Crippen LogP contribution in [0.3, 0.4) is 0 Å². The van der Waals surface area contributed by atoms with Gasteiger partial charge >= 0.3 is 0 Å². The summed E-state index contributed by atoms with van der Waals surface area (Å²) in [4.78, 5) is 2.58. The van der Waals surface area contributed by atoms with Crippen molar-refractivity contribution in [1.82, 2.24) is 10.2 Å². The summed E-state index contributed by atoms with van der Waals surface area (Å²) in [6, 6.07) is 8.28. The van der Waals surface area contributed by atoms with Crippen molar-refractivity contribution < 1.29 is 4.74 Å². The lowest BCUT2D eigenvalue weighted by Crippen LogP contribution is -2.31. The Morgan fingerprint density at radius 1 is 1.21 bits per heavy atom. The second kappa shape index (κ2) is 7.51. The summed E-state index contributed by atoms with van der Waals surface area (Å²) in [6.45, 7) is 8.18. The third-order valence-electron chi connectivity index (χ3n) is 3.75. The van der Waals surface area contributed by atoms with Crippen molar-refractivity contribution in [3.63, 3.8) is 0 Å². The molecular formula is C16H26N2O. The van der Waals surface area contributed by atoms with E-state index in [0.717, 1.165) is 24.8 Å². The molecule has 1 aromatic carbocycles. The molecule has 3 nitrogen and oxygen atoms in total. The van der Waals surface area contributed by atoms with Crippen LogP contribution in [0.15, 0.2) is 24.3 Å². The third-order valence-corrected chi connectivity index (χ3v) is 3.75. The number of nitrogens with one attached hydrogen (secondary N) is 1. The van der Waals surface area contributed by atoms with Crippen molar-refractivity contribution in [1.29, 1.82) is 0 Å². The van der Waals surface area contributed by atoms with Crippen LogP contribution in [0.25, 0.3) is 0 Å². The molecular weight excluding hydrogens is 236 g/mol. The molecule has 1 N–H and O–H groups in total. The van der Waals surface area contributed by atoms with E-state index >= 15 is 0 Å². The summed E-state index contributed by atoms with van der Waals surface area (Å²) >= 11 is 0. The zero-order chi connectivity index (χ0) is 13.5. The van der Waals surface area contributed by atoms with Gasteiger partial charge in [0.2, 0.25) is 0 Å². The van der Waals surface area contributed by atoms with E-state index in [1.807, 2.05) is 12.1 Å². The average molecular weight is 262 g/mol. The molecule has 106 valence electrons. The molecule has 1 heterocycles. The van der Waals surface area contributed by atoms with Gasteiger partial charge in [0, 0.05) is 13.1 Å². The minimum atomic E-state index is 0.719. The standard InChI is InChI=1S/C16H26N2O/c1-14(13-18-9-3-4-10-18)11-17-12-15-5-7-16(19-2)8-6-15/h5-8,14,17H,3-4,9-13H2,1-2H3. The van der Waals surface area contributed by atoms with E-state index in [4.69, 9.17) is 4.74 Å². The fraction of sp³-hybridized carbons (Fsp3) is 0.625. The van der Waals surface area contributed by atoms with Gasteiger partial charge in [-0.3, -0.25) is 0 Å². The van der Waals surface area contributed by atoms with Crippen LogP contribution in [0.2, 0.25) is 0 Å². The van der Waals surface area contributed by atoms with E-state index in [9.17, 15) is 0 Å². The summed E-state index contributed by atoms with van der Waals surface area (Å²) < 4.78 is 5.16. The smallest absolute Gasteiger partial charge is 0.118 e. The molecule has 1 saturated heterocycles. The Hall–Kier alpha value is -1.06. The number of ether oxygens (including phenoxy) is 1. The van der Waals surface area contributed by atoms with Gasteiger partial charge in [0.05, 0.1) is 7.11 Å². The summed E-state index contributed by atoms with van der Waals surface area (Å²) in [5.41, 5.74) is 1.31. The Labute approximate surface area is 116 Å². The van der Waals surface area contributed by atoms with Gasteiger partial charge < -0.3 is 15.0 Å². The molecule has 1 aliphatic rings. The maximum absolute atomic E-state index is 5.16. The number of methoxy groups -OCH3 is 1. The lowest BCUT2D eigenvalue weighted by atomic mass is 10.1. The first-order valence-electron chi connectivity index (χ1n) is 7.34. The van der Waals surface area contributed by atoms with Gasteiger partial charge in [0.25, 0.3) is 0 Å². The number of likely N-dealkylation sites (tertiary alicyclic amines) is 1. The number of hydrogen-bond acceptors (Lipinski definition) is 3. The van der Waals surface area contributed by atoms with E-state index in [1.54, 1.807) is 7.11 Å². The predicted octanol–water partition coefficient (Wildman–Crippen LogP) is 2.52. The van der Waals surface area contributed by atoms with Gasteiger partial charge in [-0.1, -0.05) is 19.1 Å². The topological polar surface area (TPSA) is 24.5 Å². The van der Waals surface area contributed by atoms with Gasteiger partial charge in [-0.2, -0.15) is 0 Å². The van der Waals surface area contributed by atoms with Crippen LogP contribution in [0, 0.1) is 5.92 Å². The predicted molar refractivity (Wildman–Crippen MR) is 79.5 cm³/mol. The van der Waals surface area contributed by atoms with Gasteiger partial charge in [-0.05, 0) is 56.1 Å². The van der Waals surface area contributed by atoms with Gasteiger partial charge in [0.15, 0.2) is 0 Å². The molecule has 1 unspecified atom stereocenters. The van der Waals surface area contributed by atoms with Gasteiger partial charge in [0.1, 0.15) is 5.75 Å². The van der Waals surface area contributed by atoms with E-state index in [1.165, 1.54) is 38.0 Å². The lowest BCUT2D eigenvalue weighted by molar-refractivity contribution is 0.282. The van der Waals surface area contributed by atoms with E-state index in [-0.39, 0.29) is 0 Å². The van der Waals surface area contributed by atoms with E-state index in [2.05, 4.69) is 29.3 Å². The summed E-state index contributed by atoms with van der Waals surface area (Å²) in [5, 5.41) is 3.55. The molecule has 0 radical (unpaired) electrons. The van der Waals surface area contributed by atoms with Crippen LogP contribution in [-0.2, 0) is 6.54 Å². The molecule has 0 spiro atoms. The van der Waals surface area contributed by atoms with Crippen LogP contribution in [0.4, 0.5) is 0 Å². The first kappa shape index (κ1) is 14.4. The number of hydrogen-bond donors (Lipinski definition) is 1. The summed E-state index contributed by atoms with van der Waals surface area (Å²) in [5.74, 6) is 1.64. The van der Waals surface area contributed by atoms with Crippen LogP contribution in [-0.4, -0.2) is 38.2 Å². The highest BCUT2D eigenvalue weighted by molar-refractivity contribution is 5.26. The highest BCUT2D eigenvalue weighted by Crippen LogP contribution is 2.12. The van der Waals surface area contributed by atoms with Crippen molar-refractivity contribution in [2.45, 2.75) is 26.3 Å². The molecule has 0 aromatic heterocycles. The second-order valence-electron chi connectivity index (χ2n) is 5.59. The molecule has 0 saturated carbocycles. The molecule has 2 rings (SSSR count). The highest BCUT2D eigenvalue weighted by atomic mass is 16.5. The monoisotopic (exact) mass is 262 g/mol. The van der Waals surface area contributed by atoms with Crippen molar-refractivity contribution >= 4 is 0 Å². The normalized spacial score (nSPS) is 17.6. The van der Waals surface area contributed by atoms with Gasteiger partial charge in [-0.25, -0.2) is 0 Å². The largest absolute Gasteiger partial charge is 0.497 e. The lowest BCUT2D eigenvalue weighted by Gasteiger charge is -2.20. The minimum Gasteiger partial charge on any atom is -0.497 e. The number of benzene rings is 1. The first-order chi connectivity index (χ1) is 9.28. The van der Waals surface area contributed by atoms with Crippen LogP contribution in [0.1, 0.15) is 25.3 Å². The molecule has 0 bridgehead atoms. The number of rotatable bonds is 7. The quantitative estimate of drug-likeness (QED) is 0.817. The zero-order valence-electron chi connectivity index (χ0n) is 12.2. The zero-order valence-corrected chi connectivity index (χ0v) is 12.2. The Balaban J connectivity index is 1.64. The van der Waals surface area contributed by atoms with Crippen molar-refractivity contribution in [3.8, 4) is 5.75 Å². The maximum Gasteiger partial charge on any atom is 0.118 e. The molecule has 1 atom stereocenters. The highest BCUT2D eigenvalue weighted by Gasteiger charge is 2.14. The van der Waals surface area contributed by atoms with Crippen LogP contribution >= 0.6 is 0 Å². The number of nitrogens with zero attached hydrogens (tertiary/aromatic N) is 1. The van der Waals surface area contributed by atoms with Crippen molar-refractivity contribution in [2.75, 3.05) is 33.3 Å². The fourth-order valence-electron chi connectivity index (χ4n) is 2.68. The fourth-order valence-corrected chi connectivity index (χ4v) is 2.68. The maximum atomic E-state index is 5.16.